The first-order chi connectivity index (χ1) is 7.72. The van der Waals surface area contributed by atoms with Crippen molar-refractivity contribution in [1.29, 1.82) is 5.26 Å². The number of benzene rings is 1. The van der Waals surface area contributed by atoms with Gasteiger partial charge >= 0.3 is 0 Å². The molecule has 16 heavy (non-hydrogen) atoms. The SMILES string of the molecule is N#CCCCn1c(N)nc2ccc(Br)cc21. The van der Waals surface area contributed by atoms with Gasteiger partial charge < -0.3 is 10.3 Å². The molecular formula is C11H11BrN4. The molecule has 0 aliphatic heterocycles. The number of aromatic nitrogens is 2. The molecular weight excluding hydrogens is 268 g/mol. The number of hydrogen-bond donors (Lipinski definition) is 1. The third kappa shape index (κ3) is 2.02. The number of nitriles is 1. The van der Waals surface area contributed by atoms with Gasteiger partial charge in [-0.05, 0) is 24.6 Å². The van der Waals surface area contributed by atoms with E-state index in [1.54, 1.807) is 0 Å². The Bertz CT molecular complexity index is 553. The summed E-state index contributed by atoms with van der Waals surface area (Å²) in [4.78, 5) is 4.27. The van der Waals surface area contributed by atoms with Crippen molar-refractivity contribution >= 4 is 32.9 Å². The van der Waals surface area contributed by atoms with Gasteiger partial charge in [-0.3, -0.25) is 0 Å². The van der Waals surface area contributed by atoms with Gasteiger partial charge in [0.15, 0.2) is 0 Å². The van der Waals surface area contributed by atoms with Gasteiger partial charge in [-0.25, -0.2) is 4.98 Å². The van der Waals surface area contributed by atoms with Crippen molar-refractivity contribution in [3.63, 3.8) is 0 Å². The van der Waals surface area contributed by atoms with Crippen LogP contribution < -0.4 is 5.73 Å². The Kier molecular flexibility index (Phi) is 3.11. The van der Waals surface area contributed by atoms with Gasteiger partial charge in [0.1, 0.15) is 0 Å². The van der Waals surface area contributed by atoms with E-state index < -0.39 is 0 Å². The number of unbranched alkanes of at least 4 members (excludes halogenated alkanes) is 1. The minimum absolute atomic E-state index is 0.506. The van der Waals surface area contributed by atoms with Crippen molar-refractivity contribution in [2.45, 2.75) is 19.4 Å². The van der Waals surface area contributed by atoms with E-state index in [9.17, 15) is 0 Å². The Morgan fingerprint density at radius 3 is 3.06 bits per heavy atom. The molecule has 0 unspecified atom stereocenters. The van der Waals surface area contributed by atoms with Crippen molar-refractivity contribution in [3.05, 3.63) is 22.7 Å². The number of nitrogen functional groups attached to an aromatic ring is 1. The van der Waals surface area contributed by atoms with Crippen LogP contribution in [-0.2, 0) is 6.54 Å². The fourth-order valence-corrected chi connectivity index (χ4v) is 2.01. The first kappa shape index (κ1) is 11.0. The number of halogens is 1. The highest BCUT2D eigenvalue weighted by Gasteiger charge is 2.07. The number of nitrogens with two attached hydrogens (primary N) is 1. The van der Waals surface area contributed by atoms with Crippen LogP contribution in [0.25, 0.3) is 11.0 Å². The Balaban J connectivity index is 2.39. The summed E-state index contributed by atoms with van der Waals surface area (Å²) in [7, 11) is 0. The molecule has 5 heteroatoms. The maximum absolute atomic E-state index is 8.51. The van der Waals surface area contributed by atoms with Crippen LogP contribution in [0.4, 0.5) is 5.95 Å². The van der Waals surface area contributed by atoms with Crippen LogP contribution in [0, 0.1) is 11.3 Å². The minimum Gasteiger partial charge on any atom is -0.369 e. The normalized spacial score (nSPS) is 10.5. The number of anilines is 1. The lowest BCUT2D eigenvalue weighted by atomic mass is 10.3. The van der Waals surface area contributed by atoms with Gasteiger partial charge in [0.25, 0.3) is 0 Å². The molecule has 0 fully saturated rings. The Hall–Kier alpha value is -1.54. The van der Waals surface area contributed by atoms with Crippen LogP contribution in [-0.4, -0.2) is 9.55 Å². The number of aryl methyl sites for hydroxylation is 1. The second-order valence-electron chi connectivity index (χ2n) is 3.52. The lowest BCUT2D eigenvalue weighted by Gasteiger charge is -2.04. The Labute approximate surface area is 102 Å². The largest absolute Gasteiger partial charge is 0.369 e. The first-order valence-electron chi connectivity index (χ1n) is 5.00. The first-order valence-corrected chi connectivity index (χ1v) is 5.80. The molecule has 0 radical (unpaired) electrons. The van der Waals surface area contributed by atoms with Crippen molar-refractivity contribution in [1.82, 2.24) is 9.55 Å². The van der Waals surface area contributed by atoms with Gasteiger partial charge in [0.05, 0.1) is 17.1 Å². The van der Waals surface area contributed by atoms with Crippen LogP contribution in [0.2, 0.25) is 0 Å². The lowest BCUT2D eigenvalue weighted by Crippen LogP contribution is -2.03. The maximum atomic E-state index is 8.51. The zero-order chi connectivity index (χ0) is 11.5. The Morgan fingerprint density at radius 2 is 2.31 bits per heavy atom. The van der Waals surface area contributed by atoms with E-state index in [4.69, 9.17) is 11.0 Å². The molecule has 2 aromatic rings. The monoisotopic (exact) mass is 278 g/mol. The summed E-state index contributed by atoms with van der Waals surface area (Å²) in [6, 6.07) is 7.98. The third-order valence-electron chi connectivity index (χ3n) is 2.41. The topological polar surface area (TPSA) is 67.6 Å². The van der Waals surface area contributed by atoms with E-state index in [1.807, 2.05) is 22.8 Å². The van der Waals surface area contributed by atoms with Crippen molar-refractivity contribution in [2.24, 2.45) is 0 Å². The summed E-state index contributed by atoms with van der Waals surface area (Å²) in [6.45, 7) is 0.729. The molecule has 0 amide bonds. The molecule has 4 nitrogen and oxygen atoms in total. The van der Waals surface area contributed by atoms with Crippen molar-refractivity contribution in [3.8, 4) is 6.07 Å². The molecule has 2 rings (SSSR count). The molecule has 1 aromatic heterocycles. The third-order valence-corrected chi connectivity index (χ3v) is 2.90. The molecule has 1 heterocycles. The van der Waals surface area contributed by atoms with Crippen LogP contribution >= 0.6 is 15.9 Å². The van der Waals surface area contributed by atoms with E-state index >= 15 is 0 Å². The fourth-order valence-electron chi connectivity index (χ4n) is 1.67. The average Bonchev–Trinajstić information content (AvgIpc) is 2.56. The van der Waals surface area contributed by atoms with Crippen molar-refractivity contribution < 1.29 is 0 Å². The highest BCUT2D eigenvalue weighted by molar-refractivity contribution is 9.10. The van der Waals surface area contributed by atoms with E-state index in [0.29, 0.717) is 12.4 Å². The van der Waals surface area contributed by atoms with Crippen LogP contribution in [0.5, 0.6) is 0 Å². The molecule has 0 aliphatic carbocycles. The van der Waals surface area contributed by atoms with E-state index in [0.717, 1.165) is 28.5 Å². The number of fused-ring (bicyclic) bond motifs is 1. The molecule has 1 aromatic carbocycles. The van der Waals surface area contributed by atoms with Crippen LogP contribution in [0.3, 0.4) is 0 Å². The van der Waals surface area contributed by atoms with Gasteiger partial charge in [-0.15, -0.1) is 0 Å². The predicted molar refractivity (Wildman–Crippen MR) is 66.7 cm³/mol. The van der Waals surface area contributed by atoms with Crippen molar-refractivity contribution in [2.75, 3.05) is 5.73 Å². The number of rotatable bonds is 3. The second kappa shape index (κ2) is 4.54. The van der Waals surface area contributed by atoms with E-state index in [2.05, 4.69) is 27.0 Å². The van der Waals surface area contributed by atoms with E-state index in [-0.39, 0.29) is 0 Å². The van der Waals surface area contributed by atoms with Crippen LogP contribution in [0.15, 0.2) is 22.7 Å². The summed E-state index contributed by atoms with van der Waals surface area (Å²) in [5.41, 5.74) is 7.73. The highest BCUT2D eigenvalue weighted by atomic mass is 79.9. The summed E-state index contributed by atoms with van der Waals surface area (Å²) in [5, 5.41) is 8.51. The molecule has 0 aliphatic rings. The number of nitrogens with zero attached hydrogens (tertiary/aromatic N) is 3. The number of imidazole rings is 1. The number of hydrogen-bond acceptors (Lipinski definition) is 3. The quantitative estimate of drug-likeness (QED) is 0.878. The molecule has 0 spiro atoms. The lowest BCUT2D eigenvalue weighted by molar-refractivity contribution is 0.677. The Morgan fingerprint density at radius 1 is 1.50 bits per heavy atom. The zero-order valence-electron chi connectivity index (χ0n) is 8.65. The van der Waals surface area contributed by atoms with Gasteiger partial charge in [-0.1, -0.05) is 15.9 Å². The molecule has 2 N–H and O–H groups in total. The molecule has 0 saturated carbocycles. The van der Waals surface area contributed by atoms with E-state index in [1.165, 1.54) is 0 Å². The summed E-state index contributed by atoms with van der Waals surface area (Å²) in [6.07, 6.45) is 1.33. The van der Waals surface area contributed by atoms with Crippen LogP contribution in [0.1, 0.15) is 12.8 Å². The zero-order valence-corrected chi connectivity index (χ0v) is 10.2. The fraction of sp³-hybridized carbons (Fsp3) is 0.273. The highest BCUT2D eigenvalue weighted by Crippen LogP contribution is 2.22. The van der Waals surface area contributed by atoms with Gasteiger partial charge in [0.2, 0.25) is 5.95 Å². The molecule has 0 atom stereocenters. The minimum atomic E-state index is 0.506. The standard InChI is InChI=1S/C11H11BrN4/c12-8-3-4-9-10(7-8)16(11(14)15-9)6-2-1-5-13/h3-4,7H,1-2,6H2,(H2,14,15). The second-order valence-corrected chi connectivity index (χ2v) is 4.43. The molecule has 82 valence electrons. The summed E-state index contributed by atoms with van der Waals surface area (Å²) >= 11 is 3.42. The van der Waals surface area contributed by atoms with Gasteiger partial charge in [-0.2, -0.15) is 5.26 Å². The summed E-state index contributed by atoms with van der Waals surface area (Å²) < 4.78 is 2.94. The maximum Gasteiger partial charge on any atom is 0.201 e. The van der Waals surface area contributed by atoms with Gasteiger partial charge in [0, 0.05) is 17.4 Å². The molecule has 0 saturated heterocycles. The predicted octanol–water partition coefficient (Wildman–Crippen LogP) is 2.68. The summed E-state index contributed by atoms with van der Waals surface area (Å²) in [5.74, 6) is 0.506. The average molecular weight is 279 g/mol. The molecule has 0 bridgehead atoms. The smallest absolute Gasteiger partial charge is 0.201 e.